The van der Waals surface area contributed by atoms with Crippen LogP contribution in [0.25, 0.3) is 10.8 Å². The van der Waals surface area contributed by atoms with Crippen LogP contribution in [0.4, 0.5) is 0 Å². The van der Waals surface area contributed by atoms with Crippen molar-refractivity contribution in [2.45, 2.75) is 12.8 Å². The van der Waals surface area contributed by atoms with E-state index >= 15 is 0 Å². The van der Waals surface area contributed by atoms with Gasteiger partial charge in [0.1, 0.15) is 0 Å². The van der Waals surface area contributed by atoms with Crippen LogP contribution in [0.3, 0.4) is 0 Å². The van der Waals surface area contributed by atoms with Crippen molar-refractivity contribution in [3.05, 3.63) is 60.7 Å². The van der Waals surface area contributed by atoms with E-state index in [9.17, 15) is 10.2 Å². The van der Waals surface area contributed by atoms with Crippen LogP contribution in [0.5, 0.6) is 11.5 Å². The van der Waals surface area contributed by atoms with Crippen LogP contribution in [0.2, 0.25) is 0 Å². The van der Waals surface area contributed by atoms with Gasteiger partial charge in [-0.05, 0) is 23.6 Å². The van der Waals surface area contributed by atoms with Gasteiger partial charge in [0.15, 0.2) is 11.5 Å². The molecule has 2 aromatic carbocycles. The van der Waals surface area contributed by atoms with Gasteiger partial charge < -0.3 is 10.2 Å². The van der Waals surface area contributed by atoms with E-state index < -0.39 is 0 Å². The Balaban J connectivity index is 2.87. The van der Waals surface area contributed by atoms with Gasteiger partial charge in [0.05, 0.1) is 0 Å². The molecule has 0 aliphatic heterocycles. The molecule has 92 valence electrons. The average Bonchev–Trinajstić information content (AvgIpc) is 2.40. The first-order valence-corrected chi connectivity index (χ1v) is 5.86. The molecule has 0 radical (unpaired) electrons. The predicted molar refractivity (Wildman–Crippen MR) is 75.1 cm³/mol. The summed E-state index contributed by atoms with van der Waals surface area (Å²) in [7, 11) is 0. The number of phenols is 2. The van der Waals surface area contributed by atoms with Crippen molar-refractivity contribution < 1.29 is 10.2 Å². The lowest BCUT2D eigenvalue weighted by molar-refractivity contribution is 0.398. The molecule has 2 aromatic rings. The van der Waals surface area contributed by atoms with Crippen LogP contribution in [-0.4, -0.2) is 10.2 Å². The highest BCUT2D eigenvalue weighted by Crippen LogP contribution is 2.40. The molecule has 2 N–H and O–H groups in total. The zero-order valence-corrected chi connectivity index (χ0v) is 10.2. The van der Waals surface area contributed by atoms with Gasteiger partial charge in [0.2, 0.25) is 0 Å². The summed E-state index contributed by atoms with van der Waals surface area (Å²) in [6.45, 7) is 7.37. The quantitative estimate of drug-likeness (QED) is 0.631. The second-order valence-electron chi connectivity index (χ2n) is 4.19. The fourth-order valence-corrected chi connectivity index (χ4v) is 2.25. The van der Waals surface area contributed by atoms with E-state index in [-0.39, 0.29) is 11.5 Å². The molecule has 2 nitrogen and oxygen atoms in total. The van der Waals surface area contributed by atoms with Crippen molar-refractivity contribution >= 4 is 10.8 Å². The Kier molecular flexibility index (Phi) is 3.38. The van der Waals surface area contributed by atoms with Gasteiger partial charge in [-0.25, -0.2) is 0 Å². The Bertz CT molecular complexity index is 558. The molecular formula is C16H16O2. The minimum absolute atomic E-state index is 0.0505. The molecule has 0 aromatic heterocycles. The van der Waals surface area contributed by atoms with E-state index in [1.807, 2.05) is 24.3 Å². The second-order valence-corrected chi connectivity index (χ2v) is 4.19. The summed E-state index contributed by atoms with van der Waals surface area (Å²) in [5.41, 5.74) is 1.43. The molecule has 0 fully saturated rings. The molecule has 2 heteroatoms. The standard InChI is InChI=1S/C16H16O2/c1-3-7-13-11-9-5-6-10-12(11)14(8-4-2)16(18)15(13)17/h3-6,9-10,17-18H,1-2,7-8H2. The Morgan fingerprint density at radius 1 is 0.833 bits per heavy atom. The predicted octanol–water partition coefficient (Wildman–Crippen LogP) is 3.71. The first kappa shape index (κ1) is 12.2. The summed E-state index contributed by atoms with van der Waals surface area (Å²) in [5.74, 6) is -0.101. The third-order valence-electron chi connectivity index (χ3n) is 3.07. The number of hydrogen-bond donors (Lipinski definition) is 2. The van der Waals surface area contributed by atoms with Crippen LogP contribution < -0.4 is 0 Å². The van der Waals surface area contributed by atoms with Crippen molar-refractivity contribution in [3.63, 3.8) is 0 Å². The number of allylic oxidation sites excluding steroid dienone is 2. The topological polar surface area (TPSA) is 40.5 Å². The molecule has 0 amide bonds. The lowest BCUT2D eigenvalue weighted by Crippen LogP contribution is -1.93. The van der Waals surface area contributed by atoms with Crippen molar-refractivity contribution in [2.75, 3.05) is 0 Å². The molecule has 0 saturated carbocycles. The molecular weight excluding hydrogens is 224 g/mol. The number of rotatable bonds is 4. The van der Waals surface area contributed by atoms with Crippen LogP contribution in [0.1, 0.15) is 11.1 Å². The molecule has 0 atom stereocenters. The van der Waals surface area contributed by atoms with E-state index in [1.54, 1.807) is 12.2 Å². The lowest BCUT2D eigenvalue weighted by Gasteiger charge is -2.14. The minimum Gasteiger partial charge on any atom is -0.504 e. The van der Waals surface area contributed by atoms with Gasteiger partial charge in [-0.1, -0.05) is 36.4 Å². The summed E-state index contributed by atoms with van der Waals surface area (Å²) in [4.78, 5) is 0. The monoisotopic (exact) mass is 240 g/mol. The van der Waals surface area contributed by atoms with Crippen LogP contribution in [0, 0.1) is 0 Å². The van der Waals surface area contributed by atoms with Gasteiger partial charge >= 0.3 is 0 Å². The summed E-state index contributed by atoms with van der Waals surface area (Å²) in [6, 6.07) is 7.73. The number of aromatic hydroxyl groups is 2. The third-order valence-corrected chi connectivity index (χ3v) is 3.07. The Labute approximate surface area is 107 Å². The maximum atomic E-state index is 10.1. The molecule has 0 unspecified atom stereocenters. The van der Waals surface area contributed by atoms with Crippen LogP contribution >= 0.6 is 0 Å². The smallest absolute Gasteiger partial charge is 0.161 e. The Morgan fingerprint density at radius 2 is 1.22 bits per heavy atom. The highest BCUT2D eigenvalue weighted by Gasteiger charge is 2.16. The molecule has 0 heterocycles. The molecule has 0 aliphatic rings. The number of phenolic OH excluding ortho intramolecular Hbond substituents is 2. The van der Waals surface area contributed by atoms with Crippen molar-refractivity contribution in [1.29, 1.82) is 0 Å². The largest absolute Gasteiger partial charge is 0.504 e. The van der Waals surface area contributed by atoms with Gasteiger partial charge in [-0.15, -0.1) is 13.2 Å². The molecule has 0 aliphatic carbocycles. The first-order chi connectivity index (χ1) is 8.70. The first-order valence-electron chi connectivity index (χ1n) is 5.86. The van der Waals surface area contributed by atoms with Crippen LogP contribution in [0.15, 0.2) is 49.6 Å². The van der Waals surface area contributed by atoms with E-state index in [0.29, 0.717) is 24.0 Å². The molecule has 18 heavy (non-hydrogen) atoms. The molecule has 0 spiro atoms. The molecule has 0 saturated heterocycles. The average molecular weight is 240 g/mol. The lowest BCUT2D eigenvalue weighted by atomic mass is 9.94. The zero-order valence-electron chi connectivity index (χ0n) is 10.2. The van der Waals surface area contributed by atoms with Gasteiger partial charge in [0.25, 0.3) is 0 Å². The summed E-state index contributed by atoms with van der Waals surface area (Å²) >= 11 is 0. The van der Waals surface area contributed by atoms with Gasteiger partial charge in [0, 0.05) is 11.1 Å². The summed E-state index contributed by atoms with van der Waals surface area (Å²) in [5, 5.41) is 22.1. The van der Waals surface area contributed by atoms with Crippen LogP contribution in [-0.2, 0) is 12.8 Å². The van der Waals surface area contributed by atoms with E-state index in [4.69, 9.17) is 0 Å². The van der Waals surface area contributed by atoms with E-state index in [0.717, 1.165) is 10.8 Å². The van der Waals surface area contributed by atoms with Gasteiger partial charge in [-0.2, -0.15) is 0 Å². The number of benzene rings is 2. The maximum Gasteiger partial charge on any atom is 0.161 e. The van der Waals surface area contributed by atoms with E-state index in [1.165, 1.54) is 0 Å². The molecule has 2 rings (SSSR count). The summed E-state index contributed by atoms with van der Waals surface area (Å²) < 4.78 is 0. The highest BCUT2D eigenvalue weighted by atomic mass is 16.3. The van der Waals surface area contributed by atoms with Crippen molar-refractivity contribution in [1.82, 2.24) is 0 Å². The minimum atomic E-state index is -0.0505. The fourth-order valence-electron chi connectivity index (χ4n) is 2.25. The zero-order chi connectivity index (χ0) is 13.1. The third kappa shape index (κ3) is 1.86. The molecule has 0 bridgehead atoms. The SMILES string of the molecule is C=CCc1c(O)c(O)c(CC=C)c2ccccc12. The highest BCUT2D eigenvalue weighted by molar-refractivity contribution is 5.93. The van der Waals surface area contributed by atoms with Gasteiger partial charge in [-0.3, -0.25) is 0 Å². The van der Waals surface area contributed by atoms with Crippen molar-refractivity contribution in [3.8, 4) is 11.5 Å². The Hall–Kier alpha value is -2.22. The van der Waals surface area contributed by atoms with Crippen molar-refractivity contribution in [2.24, 2.45) is 0 Å². The Morgan fingerprint density at radius 3 is 1.56 bits per heavy atom. The second kappa shape index (κ2) is 4.96. The number of hydrogen-bond acceptors (Lipinski definition) is 2. The summed E-state index contributed by atoms with van der Waals surface area (Å²) in [6.07, 6.45) is 4.48. The fraction of sp³-hybridized carbons (Fsp3) is 0.125. The normalized spacial score (nSPS) is 10.4. The van der Waals surface area contributed by atoms with E-state index in [2.05, 4.69) is 13.2 Å². The number of fused-ring (bicyclic) bond motifs is 1. The maximum absolute atomic E-state index is 10.1.